The van der Waals surface area contributed by atoms with E-state index in [1.165, 1.54) is 0 Å². The molecule has 2 aliphatic rings. The quantitative estimate of drug-likeness (QED) is 0.707. The molecule has 0 bridgehead atoms. The Morgan fingerprint density at radius 1 is 1.22 bits per heavy atom. The van der Waals surface area contributed by atoms with E-state index in [1.54, 1.807) is 0 Å². The van der Waals surface area contributed by atoms with Crippen molar-refractivity contribution in [1.82, 2.24) is 0 Å². The van der Waals surface area contributed by atoms with Crippen molar-refractivity contribution in [3.8, 4) is 0 Å². The van der Waals surface area contributed by atoms with Gasteiger partial charge in [-0.3, -0.25) is 0 Å². The predicted octanol–water partition coefficient (Wildman–Crippen LogP) is 1.94. The fourth-order valence-electron chi connectivity index (χ4n) is 4.44. The molecule has 5 atom stereocenters. The summed E-state index contributed by atoms with van der Waals surface area (Å²) >= 11 is 0. The molecule has 18 heavy (non-hydrogen) atoms. The number of rotatable bonds is 2. The molecular weight excluding hydrogens is 228 g/mol. The maximum absolute atomic E-state index is 11.0. The van der Waals surface area contributed by atoms with E-state index in [1.807, 2.05) is 13.8 Å². The van der Waals surface area contributed by atoms with Gasteiger partial charge in [0.25, 0.3) is 0 Å². The van der Waals surface area contributed by atoms with Crippen molar-refractivity contribution in [1.29, 1.82) is 0 Å². The van der Waals surface area contributed by atoms with Crippen LogP contribution < -0.4 is 0 Å². The van der Waals surface area contributed by atoms with Gasteiger partial charge in [-0.05, 0) is 55.3 Å². The largest absolute Gasteiger partial charge is 0.396 e. The number of aliphatic hydroxyl groups is 3. The molecule has 0 aliphatic heterocycles. The van der Waals surface area contributed by atoms with Crippen molar-refractivity contribution >= 4 is 0 Å². The molecule has 106 valence electrons. The maximum atomic E-state index is 11.0. The Labute approximate surface area is 110 Å². The molecule has 0 spiro atoms. The van der Waals surface area contributed by atoms with Gasteiger partial charge in [0.1, 0.15) is 0 Å². The Bertz CT molecular complexity index is 304. The van der Waals surface area contributed by atoms with Crippen LogP contribution in [-0.4, -0.2) is 33.6 Å². The summed E-state index contributed by atoms with van der Waals surface area (Å²) in [4.78, 5) is 0. The molecule has 0 radical (unpaired) electrons. The lowest BCUT2D eigenvalue weighted by molar-refractivity contribution is -0.121. The highest BCUT2D eigenvalue weighted by molar-refractivity contribution is 5.10. The van der Waals surface area contributed by atoms with Crippen molar-refractivity contribution in [2.75, 3.05) is 6.61 Å². The third-order valence-corrected chi connectivity index (χ3v) is 5.76. The van der Waals surface area contributed by atoms with E-state index in [9.17, 15) is 15.3 Å². The van der Waals surface area contributed by atoms with Crippen LogP contribution in [0.2, 0.25) is 0 Å². The highest BCUT2D eigenvalue weighted by Crippen LogP contribution is 2.58. The van der Waals surface area contributed by atoms with Gasteiger partial charge in [-0.1, -0.05) is 20.8 Å². The monoisotopic (exact) mass is 256 g/mol. The Balaban J connectivity index is 2.27. The van der Waals surface area contributed by atoms with Gasteiger partial charge in [-0.25, -0.2) is 0 Å². The van der Waals surface area contributed by atoms with Crippen molar-refractivity contribution in [2.45, 2.75) is 64.6 Å². The molecule has 3 N–H and O–H groups in total. The molecule has 0 heterocycles. The van der Waals surface area contributed by atoms with Crippen molar-refractivity contribution in [3.63, 3.8) is 0 Å². The van der Waals surface area contributed by atoms with Crippen LogP contribution in [0.15, 0.2) is 0 Å². The second-order valence-corrected chi connectivity index (χ2v) is 7.13. The zero-order chi connectivity index (χ0) is 13.6. The first-order chi connectivity index (χ1) is 8.34. The summed E-state index contributed by atoms with van der Waals surface area (Å²) in [6, 6.07) is 0. The molecule has 0 aromatic rings. The molecule has 3 nitrogen and oxygen atoms in total. The Morgan fingerprint density at radius 3 is 2.44 bits per heavy atom. The van der Waals surface area contributed by atoms with Gasteiger partial charge in [0.05, 0.1) is 11.7 Å². The highest BCUT2D eigenvalue weighted by Gasteiger charge is 2.60. The van der Waals surface area contributed by atoms with Gasteiger partial charge < -0.3 is 15.3 Å². The Morgan fingerprint density at radius 2 is 1.89 bits per heavy atom. The topological polar surface area (TPSA) is 60.7 Å². The van der Waals surface area contributed by atoms with Crippen LogP contribution in [0.4, 0.5) is 0 Å². The van der Waals surface area contributed by atoms with Crippen LogP contribution in [0, 0.1) is 23.2 Å². The number of hydrogen-bond donors (Lipinski definition) is 3. The summed E-state index contributed by atoms with van der Waals surface area (Å²) in [5, 5.41) is 30.6. The number of fused-ring (bicyclic) bond motifs is 1. The van der Waals surface area contributed by atoms with Gasteiger partial charge in [0.15, 0.2) is 0 Å². The summed E-state index contributed by atoms with van der Waals surface area (Å²) < 4.78 is 0. The van der Waals surface area contributed by atoms with Gasteiger partial charge in [0.2, 0.25) is 0 Å². The second-order valence-electron chi connectivity index (χ2n) is 7.13. The molecule has 0 aromatic heterocycles. The van der Waals surface area contributed by atoms with Gasteiger partial charge in [-0.2, -0.15) is 0 Å². The van der Waals surface area contributed by atoms with E-state index in [0.29, 0.717) is 12.3 Å². The number of aliphatic hydroxyl groups excluding tert-OH is 2. The first kappa shape index (κ1) is 14.3. The fourth-order valence-corrected chi connectivity index (χ4v) is 4.44. The maximum Gasteiger partial charge on any atom is 0.0961 e. The zero-order valence-electron chi connectivity index (χ0n) is 11.9. The van der Waals surface area contributed by atoms with Crippen LogP contribution in [0.1, 0.15) is 52.9 Å². The van der Waals surface area contributed by atoms with E-state index in [0.717, 1.165) is 25.7 Å². The molecule has 2 saturated carbocycles. The summed E-state index contributed by atoms with van der Waals surface area (Å²) in [6.45, 7) is 6.47. The van der Waals surface area contributed by atoms with E-state index in [2.05, 4.69) is 6.92 Å². The molecular formula is C15H28O3. The molecule has 0 aromatic carbocycles. The van der Waals surface area contributed by atoms with Crippen LogP contribution in [0.3, 0.4) is 0 Å². The number of hydrogen-bond acceptors (Lipinski definition) is 3. The SMILES string of the molecule is CC(C)[C@@]1(O)[C@@H]2CC[C@@H](CO)CC[C@@]2(C)C[C@@H]1O. The van der Waals surface area contributed by atoms with E-state index in [4.69, 9.17) is 0 Å². The van der Waals surface area contributed by atoms with Crippen molar-refractivity contribution in [3.05, 3.63) is 0 Å². The fraction of sp³-hybridized carbons (Fsp3) is 1.00. The van der Waals surface area contributed by atoms with E-state index in [-0.39, 0.29) is 23.9 Å². The molecule has 2 aliphatic carbocycles. The Hall–Kier alpha value is -0.120. The van der Waals surface area contributed by atoms with E-state index >= 15 is 0 Å². The van der Waals surface area contributed by atoms with E-state index < -0.39 is 11.7 Å². The predicted molar refractivity (Wildman–Crippen MR) is 71.1 cm³/mol. The summed E-state index contributed by atoms with van der Waals surface area (Å²) in [7, 11) is 0. The minimum Gasteiger partial charge on any atom is -0.396 e. The normalized spacial score (nSPS) is 49.2. The lowest BCUT2D eigenvalue weighted by Gasteiger charge is -2.40. The molecule has 0 saturated heterocycles. The lowest BCUT2D eigenvalue weighted by Crippen LogP contribution is -2.49. The van der Waals surface area contributed by atoms with Crippen LogP contribution >= 0.6 is 0 Å². The van der Waals surface area contributed by atoms with Crippen LogP contribution in [-0.2, 0) is 0 Å². The zero-order valence-corrected chi connectivity index (χ0v) is 11.9. The minimum absolute atomic E-state index is 0.0301. The van der Waals surface area contributed by atoms with Crippen LogP contribution in [0.25, 0.3) is 0 Å². The average Bonchev–Trinajstić information content (AvgIpc) is 2.44. The smallest absolute Gasteiger partial charge is 0.0961 e. The third-order valence-electron chi connectivity index (χ3n) is 5.76. The third kappa shape index (κ3) is 2.00. The standard InChI is InChI=1S/C15H28O3/c1-10(2)15(18)12-5-4-11(9-16)6-7-14(12,3)8-13(15)17/h10-13,16-18H,4-9H2,1-3H3/t11-,12-,13+,14+,15-/m1/s1. The summed E-state index contributed by atoms with van der Waals surface area (Å²) in [5.74, 6) is 0.613. The second kappa shape index (κ2) is 4.77. The van der Waals surface area contributed by atoms with Crippen molar-refractivity contribution in [2.24, 2.45) is 23.2 Å². The van der Waals surface area contributed by atoms with Gasteiger partial charge in [0, 0.05) is 6.61 Å². The molecule has 0 amide bonds. The Kier molecular flexibility index (Phi) is 3.79. The van der Waals surface area contributed by atoms with Gasteiger partial charge in [-0.15, -0.1) is 0 Å². The summed E-state index contributed by atoms with van der Waals surface area (Å²) in [5.41, 5.74) is -0.915. The first-order valence-electron chi connectivity index (χ1n) is 7.36. The lowest BCUT2D eigenvalue weighted by atomic mass is 9.69. The molecule has 0 unspecified atom stereocenters. The first-order valence-corrected chi connectivity index (χ1v) is 7.36. The summed E-state index contributed by atoms with van der Waals surface area (Å²) in [6.07, 6.45) is 4.02. The van der Waals surface area contributed by atoms with Gasteiger partial charge >= 0.3 is 0 Å². The highest BCUT2D eigenvalue weighted by atomic mass is 16.3. The molecule has 2 fully saturated rings. The molecule has 3 heteroatoms. The van der Waals surface area contributed by atoms with Crippen molar-refractivity contribution < 1.29 is 15.3 Å². The minimum atomic E-state index is -0.945. The molecule has 2 rings (SSSR count). The van der Waals surface area contributed by atoms with Crippen LogP contribution in [0.5, 0.6) is 0 Å². The average molecular weight is 256 g/mol.